The van der Waals surface area contributed by atoms with Crippen molar-refractivity contribution in [2.24, 2.45) is 0 Å². The zero-order chi connectivity index (χ0) is 25.8. The molecule has 4 atom stereocenters. The summed E-state index contributed by atoms with van der Waals surface area (Å²) in [7, 11) is 1.50. The first kappa shape index (κ1) is 26.4. The lowest BCUT2D eigenvalue weighted by Gasteiger charge is -2.41. The van der Waals surface area contributed by atoms with Crippen molar-refractivity contribution in [3.8, 4) is 5.75 Å². The maximum absolute atomic E-state index is 13.4. The molecule has 0 saturated heterocycles. The van der Waals surface area contributed by atoms with Crippen LogP contribution in [0.3, 0.4) is 0 Å². The molecule has 0 bridgehead atoms. The van der Waals surface area contributed by atoms with Crippen molar-refractivity contribution >= 4 is 35.0 Å². The van der Waals surface area contributed by atoms with Gasteiger partial charge in [0.1, 0.15) is 18.0 Å². The van der Waals surface area contributed by atoms with Crippen molar-refractivity contribution in [1.82, 2.24) is 10.2 Å². The predicted molar refractivity (Wildman–Crippen MR) is 135 cm³/mol. The van der Waals surface area contributed by atoms with Gasteiger partial charge in [-0.05, 0) is 29.8 Å². The van der Waals surface area contributed by atoms with E-state index in [1.54, 1.807) is 30.3 Å². The average Bonchev–Trinajstić information content (AvgIpc) is 3.26. The van der Waals surface area contributed by atoms with Crippen LogP contribution in [0.15, 0.2) is 54.1 Å². The first-order chi connectivity index (χ1) is 17.3. The Morgan fingerprint density at radius 2 is 1.97 bits per heavy atom. The molecule has 4 unspecified atom stereocenters. The van der Waals surface area contributed by atoms with Gasteiger partial charge >= 0.3 is 0 Å². The lowest BCUT2D eigenvalue weighted by atomic mass is 9.77. The summed E-state index contributed by atoms with van der Waals surface area (Å²) in [5.74, 6) is -0.635. The lowest BCUT2D eigenvalue weighted by Crippen LogP contribution is -2.55. The molecule has 192 valence electrons. The SMILES string of the molecule is COCCC(=O)N(Cc1ccc(Cl)cc1Cl)C1C=C(C(=O)NCCO)C2c3ccccc3OC2C1O. The van der Waals surface area contributed by atoms with E-state index in [4.69, 9.17) is 32.7 Å². The van der Waals surface area contributed by atoms with Gasteiger partial charge in [-0.15, -0.1) is 0 Å². The normalized spacial score (nSPS) is 22.2. The molecule has 36 heavy (non-hydrogen) atoms. The van der Waals surface area contributed by atoms with Crippen LogP contribution >= 0.6 is 23.2 Å². The van der Waals surface area contributed by atoms with Gasteiger partial charge in [0.15, 0.2) is 0 Å². The summed E-state index contributed by atoms with van der Waals surface area (Å²) < 4.78 is 11.2. The number of ether oxygens (including phenoxy) is 2. The Kier molecular flexibility index (Phi) is 8.54. The Labute approximate surface area is 219 Å². The topological polar surface area (TPSA) is 108 Å². The van der Waals surface area contributed by atoms with Crippen LogP contribution in [0.25, 0.3) is 0 Å². The first-order valence-corrected chi connectivity index (χ1v) is 12.4. The zero-order valence-corrected chi connectivity index (χ0v) is 21.2. The Morgan fingerprint density at radius 3 is 2.69 bits per heavy atom. The van der Waals surface area contributed by atoms with Crippen LogP contribution in [0.4, 0.5) is 0 Å². The molecule has 0 radical (unpaired) electrons. The number of methoxy groups -OCH3 is 1. The number of amides is 2. The van der Waals surface area contributed by atoms with Gasteiger partial charge in [-0.1, -0.05) is 47.5 Å². The van der Waals surface area contributed by atoms with Gasteiger partial charge in [-0.2, -0.15) is 0 Å². The van der Waals surface area contributed by atoms with Gasteiger partial charge in [0, 0.05) is 41.4 Å². The molecule has 4 rings (SSSR count). The van der Waals surface area contributed by atoms with Crippen LogP contribution in [0.2, 0.25) is 10.0 Å². The number of benzene rings is 2. The first-order valence-electron chi connectivity index (χ1n) is 11.6. The molecule has 0 spiro atoms. The Balaban J connectivity index is 1.76. The molecular weight excluding hydrogens is 507 g/mol. The highest BCUT2D eigenvalue weighted by atomic mass is 35.5. The fourth-order valence-electron chi connectivity index (χ4n) is 4.72. The second-order valence-electron chi connectivity index (χ2n) is 8.68. The summed E-state index contributed by atoms with van der Waals surface area (Å²) >= 11 is 12.5. The number of aliphatic hydroxyl groups is 2. The van der Waals surface area contributed by atoms with Crippen molar-refractivity contribution in [3.05, 3.63) is 75.3 Å². The molecule has 2 aromatic carbocycles. The van der Waals surface area contributed by atoms with Gasteiger partial charge in [0.25, 0.3) is 0 Å². The van der Waals surface area contributed by atoms with E-state index in [0.29, 0.717) is 26.9 Å². The molecule has 10 heteroatoms. The van der Waals surface area contributed by atoms with E-state index in [2.05, 4.69) is 5.32 Å². The fourth-order valence-corrected chi connectivity index (χ4v) is 5.19. The van der Waals surface area contributed by atoms with Crippen LogP contribution in [0, 0.1) is 0 Å². The maximum atomic E-state index is 13.4. The zero-order valence-electron chi connectivity index (χ0n) is 19.7. The van der Waals surface area contributed by atoms with Crippen LogP contribution in [-0.4, -0.2) is 72.0 Å². The fraction of sp³-hybridized carbons (Fsp3) is 0.385. The Hall–Kier alpha value is -2.62. The van der Waals surface area contributed by atoms with Crippen LogP contribution < -0.4 is 10.1 Å². The van der Waals surface area contributed by atoms with E-state index in [1.165, 1.54) is 12.0 Å². The van der Waals surface area contributed by atoms with E-state index in [-0.39, 0.29) is 38.6 Å². The number of carbonyl (C=O) groups is 2. The number of para-hydroxylation sites is 1. The highest BCUT2D eigenvalue weighted by molar-refractivity contribution is 6.35. The number of rotatable bonds is 9. The largest absolute Gasteiger partial charge is 0.486 e. The van der Waals surface area contributed by atoms with Gasteiger partial charge in [-0.25, -0.2) is 0 Å². The molecule has 0 saturated carbocycles. The Bertz CT molecular complexity index is 1160. The van der Waals surface area contributed by atoms with Gasteiger partial charge in [-0.3, -0.25) is 9.59 Å². The van der Waals surface area contributed by atoms with Crippen molar-refractivity contribution < 1.29 is 29.3 Å². The minimum atomic E-state index is -1.13. The third kappa shape index (κ3) is 5.38. The summed E-state index contributed by atoms with van der Waals surface area (Å²) in [6.07, 6.45) is -0.224. The quantitative estimate of drug-likeness (QED) is 0.456. The number of aliphatic hydroxyl groups excluding tert-OH is 2. The monoisotopic (exact) mass is 534 g/mol. The number of halogens is 2. The third-order valence-corrected chi connectivity index (χ3v) is 7.02. The minimum absolute atomic E-state index is 0.0694. The second-order valence-corrected chi connectivity index (χ2v) is 9.52. The number of nitrogens with zero attached hydrogens (tertiary/aromatic N) is 1. The summed E-state index contributed by atoms with van der Waals surface area (Å²) in [5, 5.41) is 24.3. The molecule has 1 aliphatic carbocycles. The molecule has 8 nitrogen and oxygen atoms in total. The molecular formula is C26H28Cl2N2O6. The molecule has 2 aromatic rings. The number of hydrogen-bond acceptors (Lipinski definition) is 6. The molecule has 2 aliphatic rings. The molecule has 0 fully saturated rings. The predicted octanol–water partition coefficient (Wildman–Crippen LogP) is 2.68. The van der Waals surface area contributed by atoms with Crippen molar-refractivity contribution in [2.45, 2.75) is 37.1 Å². The summed E-state index contributed by atoms with van der Waals surface area (Å²) in [6, 6.07) is 11.4. The van der Waals surface area contributed by atoms with E-state index in [1.807, 2.05) is 18.2 Å². The van der Waals surface area contributed by atoms with Crippen LogP contribution in [-0.2, 0) is 20.9 Å². The molecule has 1 heterocycles. The number of hydrogen-bond donors (Lipinski definition) is 3. The highest BCUT2D eigenvalue weighted by Crippen LogP contribution is 2.47. The van der Waals surface area contributed by atoms with E-state index < -0.39 is 30.1 Å². The average molecular weight is 535 g/mol. The minimum Gasteiger partial charge on any atom is -0.486 e. The van der Waals surface area contributed by atoms with Crippen molar-refractivity contribution in [2.75, 3.05) is 26.9 Å². The van der Waals surface area contributed by atoms with Gasteiger partial charge in [0.05, 0.1) is 31.6 Å². The number of carbonyl (C=O) groups excluding carboxylic acids is 2. The molecule has 0 aromatic heterocycles. The summed E-state index contributed by atoms with van der Waals surface area (Å²) in [4.78, 5) is 28.0. The third-order valence-electron chi connectivity index (χ3n) is 6.43. The molecule has 1 aliphatic heterocycles. The van der Waals surface area contributed by atoms with Crippen molar-refractivity contribution in [3.63, 3.8) is 0 Å². The second kappa shape index (κ2) is 11.6. The summed E-state index contributed by atoms with van der Waals surface area (Å²) in [5.41, 5.74) is 1.78. The Morgan fingerprint density at radius 1 is 1.19 bits per heavy atom. The van der Waals surface area contributed by atoms with Crippen molar-refractivity contribution in [1.29, 1.82) is 0 Å². The standard InChI is InChI=1S/C26H28Cl2N2O6/c1-35-11-8-22(32)30(14-15-6-7-16(27)12-19(15)28)20-13-18(26(34)29-9-10-31)23-17-4-2-3-5-21(17)36-25(23)24(20)33/h2-7,12-13,20,23-25,31,33H,8-11,14H2,1H3,(H,29,34). The summed E-state index contributed by atoms with van der Waals surface area (Å²) in [6.45, 7) is 0.115. The maximum Gasteiger partial charge on any atom is 0.247 e. The van der Waals surface area contributed by atoms with E-state index in [0.717, 1.165) is 5.56 Å². The highest BCUT2D eigenvalue weighted by Gasteiger charge is 2.50. The molecule has 3 N–H and O–H groups in total. The number of fused-ring (bicyclic) bond motifs is 3. The van der Waals surface area contributed by atoms with Crippen LogP contribution in [0.5, 0.6) is 5.75 Å². The lowest BCUT2D eigenvalue weighted by molar-refractivity contribution is -0.139. The van der Waals surface area contributed by atoms with Crippen LogP contribution in [0.1, 0.15) is 23.5 Å². The molecule has 2 amide bonds. The smallest absolute Gasteiger partial charge is 0.247 e. The van der Waals surface area contributed by atoms with E-state index >= 15 is 0 Å². The van der Waals surface area contributed by atoms with E-state index in [9.17, 15) is 19.8 Å². The van der Waals surface area contributed by atoms with Gasteiger partial charge < -0.3 is 29.9 Å². The number of nitrogens with one attached hydrogen (secondary N) is 1. The van der Waals surface area contributed by atoms with Gasteiger partial charge in [0.2, 0.25) is 11.8 Å².